The van der Waals surface area contributed by atoms with Crippen LogP contribution in [0.3, 0.4) is 0 Å². The molecule has 0 saturated heterocycles. The van der Waals surface area contributed by atoms with Crippen LogP contribution in [0.4, 0.5) is 0 Å². The maximum Gasteiger partial charge on any atom is 0.0406 e. The molecule has 0 aliphatic heterocycles. The Bertz CT molecular complexity index is 293. The highest BCUT2D eigenvalue weighted by atomic mass is 35.5. The Balaban J connectivity index is 2.35. The topological polar surface area (TPSA) is 24.1 Å². The standard InChI is InChI=1S/C12H19ClN2/c1-12(2,14-3)9-15-8-10-4-6-11(13)7-5-10/h4-7,14-15H,8-9H2,1-3H3. The van der Waals surface area contributed by atoms with Gasteiger partial charge in [0, 0.05) is 23.7 Å². The minimum absolute atomic E-state index is 0.131. The summed E-state index contributed by atoms with van der Waals surface area (Å²) in [6.07, 6.45) is 0. The van der Waals surface area contributed by atoms with Gasteiger partial charge in [0.25, 0.3) is 0 Å². The highest BCUT2D eigenvalue weighted by Gasteiger charge is 2.12. The molecule has 1 aromatic carbocycles. The van der Waals surface area contributed by atoms with Gasteiger partial charge in [-0.25, -0.2) is 0 Å². The van der Waals surface area contributed by atoms with E-state index < -0.39 is 0 Å². The Hall–Kier alpha value is -0.570. The predicted molar refractivity (Wildman–Crippen MR) is 66.3 cm³/mol. The SMILES string of the molecule is CNC(C)(C)CNCc1ccc(Cl)cc1. The molecule has 0 unspecified atom stereocenters. The van der Waals surface area contributed by atoms with Crippen LogP contribution in [0.25, 0.3) is 0 Å². The van der Waals surface area contributed by atoms with Crippen molar-refractivity contribution in [3.63, 3.8) is 0 Å². The zero-order valence-electron chi connectivity index (χ0n) is 9.60. The molecule has 2 nitrogen and oxygen atoms in total. The average Bonchev–Trinajstić information content (AvgIpc) is 2.21. The summed E-state index contributed by atoms with van der Waals surface area (Å²) in [5, 5.41) is 7.45. The zero-order valence-corrected chi connectivity index (χ0v) is 10.4. The fourth-order valence-electron chi connectivity index (χ4n) is 1.21. The maximum absolute atomic E-state index is 5.81. The molecule has 0 saturated carbocycles. The molecule has 0 amide bonds. The first kappa shape index (κ1) is 12.5. The number of rotatable bonds is 5. The van der Waals surface area contributed by atoms with Crippen LogP contribution in [0.5, 0.6) is 0 Å². The van der Waals surface area contributed by atoms with Gasteiger partial charge < -0.3 is 10.6 Å². The minimum Gasteiger partial charge on any atom is -0.314 e. The third-order valence-electron chi connectivity index (χ3n) is 2.49. The number of benzene rings is 1. The van der Waals surface area contributed by atoms with Crippen LogP contribution in [0.15, 0.2) is 24.3 Å². The lowest BCUT2D eigenvalue weighted by Gasteiger charge is -2.24. The first-order valence-electron chi connectivity index (χ1n) is 5.17. The van der Waals surface area contributed by atoms with Crippen LogP contribution in [-0.4, -0.2) is 19.1 Å². The van der Waals surface area contributed by atoms with E-state index in [2.05, 4.69) is 24.5 Å². The molecule has 84 valence electrons. The van der Waals surface area contributed by atoms with Crippen molar-refractivity contribution in [1.82, 2.24) is 10.6 Å². The monoisotopic (exact) mass is 226 g/mol. The van der Waals surface area contributed by atoms with Crippen molar-refractivity contribution in [2.45, 2.75) is 25.9 Å². The van der Waals surface area contributed by atoms with E-state index in [1.165, 1.54) is 5.56 Å². The molecule has 1 aromatic rings. The van der Waals surface area contributed by atoms with Gasteiger partial charge in [-0.1, -0.05) is 23.7 Å². The van der Waals surface area contributed by atoms with Crippen LogP contribution in [-0.2, 0) is 6.54 Å². The third kappa shape index (κ3) is 4.65. The Morgan fingerprint density at radius 1 is 1.20 bits per heavy atom. The summed E-state index contributed by atoms with van der Waals surface area (Å²) in [7, 11) is 1.98. The van der Waals surface area contributed by atoms with E-state index in [1.54, 1.807) is 0 Å². The van der Waals surface area contributed by atoms with Gasteiger partial charge in [0.1, 0.15) is 0 Å². The van der Waals surface area contributed by atoms with Crippen molar-refractivity contribution in [1.29, 1.82) is 0 Å². The highest BCUT2D eigenvalue weighted by Crippen LogP contribution is 2.09. The zero-order chi connectivity index (χ0) is 11.3. The average molecular weight is 227 g/mol. The Labute approximate surface area is 97.0 Å². The van der Waals surface area contributed by atoms with E-state index in [0.717, 1.165) is 18.1 Å². The lowest BCUT2D eigenvalue weighted by atomic mass is 10.1. The lowest BCUT2D eigenvalue weighted by molar-refractivity contribution is 0.393. The van der Waals surface area contributed by atoms with Crippen molar-refractivity contribution in [3.8, 4) is 0 Å². The molecule has 0 aliphatic carbocycles. The summed E-state index contributed by atoms with van der Waals surface area (Å²) in [4.78, 5) is 0. The van der Waals surface area contributed by atoms with Crippen LogP contribution < -0.4 is 10.6 Å². The van der Waals surface area contributed by atoms with Crippen molar-refractivity contribution in [3.05, 3.63) is 34.9 Å². The fraction of sp³-hybridized carbons (Fsp3) is 0.500. The molecule has 0 aliphatic rings. The number of nitrogens with one attached hydrogen (secondary N) is 2. The van der Waals surface area contributed by atoms with Gasteiger partial charge in [0.2, 0.25) is 0 Å². The molecule has 15 heavy (non-hydrogen) atoms. The second-order valence-corrected chi connectivity index (χ2v) is 4.80. The Kier molecular flexibility index (Phi) is 4.58. The fourth-order valence-corrected chi connectivity index (χ4v) is 1.34. The lowest BCUT2D eigenvalue weighted by Crippen LogP contribution is -2.45. The summed E-state index contributed by atoms with van der Waals surface area (Å²) in [6, 6.07) is 7.92. The van der Waals surface area contributed by atoms with Crippen LogP contribution in [0.1, 0.15) is 19.4 Å². The second-order valence-electron chi connectivity index (χ2n) is 4.36. The number of halogens is 1. The highest BCUT2D eigenvalue weighted by molar-refractivity contribution is 6.30. The van der Waals surface area contributed by atoms with E-state index in [9.17, 15) is 0 Å². The molecule has 1 rings (SSSR count). The molecular formula is C12H19ClN2. The van der Waals surface area contributed by atoms with E-state index in [0.29, 0.717) is 0 Å². The van der Waals surface area contributed by atoms with E-state index in [-0.39, 0.29) is 5.54 Å². The molecule has 0 heterocycles. The molecule has 0 radical (unpaired) electrons. The van der Waals surface area contributed by atoms with Gasteiger partial charge in [0.05, 0.1) is 0 Å². The Morgan fingerprint density at radius 3 is 2.33 bits per heavy atom. The summed E-state index contributed by atoms with van der Waals surface area (Å²) in [5.74, 6) is 0. The first-order valence-corrected chi connectivity index (χ1v) is 5.55. The van der Waals surface area contributed by atoms with Gasteiger partial charge in [0.15, 0.2) is 0 Å². The largest absolute Gasteiger partial charge is 0.314 e. The summed E-state index contributed by atoms with van der Waals surface area (Å²) < 4.78 is 0. The molecular weight excluding hydrogens is 208 g/mol. The second kappa shape index (κ2) is 5.50. The van der Waals surface area contributed by atoms with Gasteiger partial charge in [-0.15, -0.1) is 0 Å². The van der Waals surface area contributed by atoms with Crippen LogP contribution in [0, 0.1) is 0 Å². The van der Waals surface area contributed by atoms with Crippen LogP contribution >= 0.6 is 11.6 Å². The van der Waals surface area contributed by atoms with E-state index in [1.807, 2.05) is 31.3 Å². The normalized spacial score (nSPS) is 11.7. The van der Waals surface area contributed by atoms with E-state index in [4.69, 9.17) is 11.6 Å². The van der Waals surface area contributed by atoms with E-state index >= 15 is 0 Å². The number of hydrogen-bond acceptors (Lipinski definition) is 2. The first-order chi connectivity index (χ1) is 7.03. The summed E-state index contributed by atoms with van der Waals surface area (Å²) in [6.45, 7) is 6.15. The van der Waals surface area contributed by atoms with Crippen LogP contribution in [0.2, 0.25) is 5.02 Å². The van der Waals surface area contributed by atoms with Gasteiger partial charge >= 0.3 is 0 Å². The van der Waals surface area contributed by atoms with Crippen molar-refractivity contribution in [2.75, 3.05) is 13.6 Å². The molecule has 0 fully saturated rings. The molecule has 0 bridgehead atoms. The number of likely N-dealkylation sites (N-methyl/N-ethyl adjacent to an activating group) is 1. The third-order valence-corrected chi connectivity index (χ3v) is 2.74. The summed E-state index contributed by atoms with van der Waals surface area (Å²) in [5.41, 5.74) is 1.39. The summed E-state index contributed by atoms with van der Waals surface area (Å²) >= 11 is 5.81. The van der Waals surface area contributed by atoms with Crippen molar-refractivity contribution < 1.29 is 0 Å². The molecule has 0 atom stereocenters. The van der Waals surface area contributed by atoms with Gasteiger partial charge in [-0.2, -0.15) is 0 Å². The Morgan fingerprint density at radius 2 is 1.80 bits per heavy atom. The molecule has 0 aromatic heterocycles. The molecule has 2 N–H and O–H groups in total. The molecule has 0 spiro atoms. The van der Waals surface area contributed by atoms with Gasteiger partial charge in [-0.3, -0.25) is 0 Å². The minimum atomic E-state index is 0.131. The van der Waals surface area contributed by atoms with Crippen molar-refractivity contribution >= 4 is 11.6 Å². The quantitative estimate of drug-likeness (QED) is 0.806. The van der Waals surface area contributed by atoms with Gasteiger partial charge in [-0.05, 0) is 38.6 Å². The smallest absolute Gasteiger partial charge is 0.0406 e. The maximum atomic E-state index is 5.81. The predicted octanol–water partition coefficient (Wildman–Crippen LogP) is 2.43. The number of hydrogen-bond donors (Lipinski definition) is 2. The van der Waals surface area contributed by atoms with Crippen molar-refractivity contribution in [2.24, 2.45) is 0 Å². The molecule has 3 heteroatoms.